The number of carbonyl (C=O) groups is 2. The molecule has 0 unspecified atom stereocenters. The molecule has 2 aliphatic heterocycles. The van der Waals surface area contributed by atoms with Crippen molar-refractivity contribution in [3.05, 3.63) is 65.2 Å². The third-order valence-corrected chi connectivity index (χ3v) is 7.30. The molecule has 3 atom stereocenters. The van der Waals surface area contributed by atoms with Gasteiger partial charge in [0.15, 0.2) is 0 Å². The Morgan fingerprint density at radius 1 is 1.15 bits per heavy atom. The van der Waals surface area contributed by atoms with Crippen LogP contribution in [0, 0.1) is 5.95 Å². The molecule has 1 aromatic heterocycles. The van der Waals surface area contributed by atoms with E-state index in [0.717, 1.165) is 15.0 Å². The number of nitrogens with one attached hydrogen (secondary N) is 2. The van der Waals surface area contributed by atoms with Crippen molar-refractivity contribution < 1.29 is 35.9 Å². The molecule has 3 heterocycles. The molecule has 1 aromatic carbocycles. The summed E-state index contributed by atoms with van der Waals surface area (Å²) in [4.78, 5) is 31.4. The summed E-state index contributed by atoms with van der Waals surface area (Å²) in [6.07, 6.45) is -5.82. The van der Waals surface area contributed by atoms with E-state index in [4.69, 9.17) is 0 Å². The van der Waals surface area contributed by atoms with Gasteiger partial charge in [-0.05, 0) is 17.5 Å². The van der Waals surface area contributed by atoms with Gasteiger partial charge in [0.1, 0.15) is 18.8 Å². The molecule has 2 aromatic rings. The molecule has 0 bridgehead atoms. The van der Waals surface area contributed by atoms with Crippen molar-refractivity contribution in [2.75, 3.05) is 20.1 Å². The second-order valence-corrected chi connectivity index (χ2v) is 10.3. The molecular formula is C26H27F6N7O2. The van der Waals surface area contributed by atoms with Gasteiger partial charge in [-0.1, -0.05) is 36.4 Å². The fourth-order valence-corrected chi connectivity index (χ4v) is 5.29. The molecular weight excluding hydrogens is 556 g/mol. The van der Waals surface area contributed by atoms with Gasteiger partial charge in [0.2, 0.25) is 29.5 Å². The first-order chi connectivity index (χ1) is 19.4. The largest absolute Gasteiger partial charge is 0.342 e. The van der Waals surface area contributed by atoms with Gasteiger partial charge >= 0.3 is 0 Å². The normalized spacial score (nSPS) is 23.0. The van der Waals surface area contributed by atoms with Gasteiger partial charge in [-0.3, -0.25) is 14.6 Å². The monoisotopic (exact) mass is 583 g/mol. The highest BCUT2D eigenvalue weighted by molar-refractivity contribution is 5.93. The van der Waals surface area contributed by atoms with Crippen molar-refractivity contribution >= 4 is 17.6 Å². The maximum atomic E-state index is 15.0. The summed E-state index contributed by atoms with van der Waals surface area (Å²) in [7, 11) is 1.35. The number of amidine groups is 1. The van der Waals surface area contributed by atoms with E-state index in [0.29, 0.717) is 5.56 Å². The van der Waals surface area contributed by atoms with Gasteiger partial charge in [-0.2, -0.15) is 4.39 Å². The molecule has 2 amide bonds. The fourth-order valence-electron chi connectivity index (χ4n) is 5.29. The minimum Gasteiger partial charge on any atom is -0.342 e. The molecule has 15 heteroatoms. The summed E-state index contributed by atoms with van der Waals surface area (Å²) in [6.45, 7) is -1.06. The van der Waals surface area contributed by atoms with Crippen LogP contribution in [0.4, 0.5) is 26.3 Å². The minimum atomic E-state index is -2.99. The number of halogens is 6. The Kier molecular flexibility index (Phi) is 7.81. The number of benzene rings is 1. The van der Waals surface area contributed by atoms with Gasteiger partial charge in [0, 0.05) is 31.9 Å². The zero-order valence-electron chi connectivity index (χ0n) is 21.8. The summed E-state index contributed by atoms with van der Waals surface area (Å²) < 4.78 is 82.8. The Morgan fingerprint density at radius 3 is 2.49 bits per heavy atom. The molecule has 5 rings (SSSR count). The molecule has 0 radical (unpaired) electrons. The van der Waals surface area contributed by atoms with Crippen molar-refractivity contribution in [3.8, 4) is 0 Å². The zero-order chi connectivity index (χ0) is 29.5. The Morgan fingerprint density at radius 2 is 1.85 bits per heavy atom. The number of hydrogen-bond acceptors (Lipinski definition) is 7. The Hall–Kier alpha value is -3.88. The van der Waals surface area contributed by atoms with Crippen LogP contribution in [0.1, 0.15) is 48.0 Å². The summed E-state index contributed by atoms with van der Waals surface area (Å²) >= 11 is 0. The van der Waals surface area contributed by atoms with E-state index < -0.39 is 86.1 Å². The van der Waals surface area contributed by atoms with Crippen molar-refractivity contribution in [1.82, 2.24) is 30.9 Å². The van der Waals surface area contributed by atoms with Crippen LogP contribution >= 0.6 is 0 Å². The van der Waals surface area contributed by atoms with E-state index in [1.807, 2.05) is 0 Å². The van der Waals surface area contributed by atoms with E-state index in [1.165, 1.54) is 19.2 Å². The number of aromatic nitrogens is 1. The van der Waals surface area contributed by atoms with Crippen LogP contribution < -0.4 is 10.9 Å². The van der Waals surface area contributed by atoms with Crippen LogP contribution in [-0.2, 0) is 9.59 Å². The van der Waals surface area contributed by atoms with Crippen LogP contribution in [0.15, 0.2) is 47.6 Å². The highest BCUT2D eigenvalue weighted by atomic mass is 19.3. The number of likely N-dealkylation sites (tertiary alicyclic amines) is 1. The number of hydrogen-bond donors (Lipinski definition) is 2. The number of pyridine rings is 1. The lowest BCUT2D eigenvalue weighted by atomic mass is 9.77. The van der Waals surface area contributed by atoms with Crippen molar-refractivity contribution in [2.45, 2.75) is 55.8 Å². The summed E-state index contributed by atoms with van der Waals surface area (Å²) in [5.74, 6) is -6.70. The fraction of sp³-hybridized carbons (Fsp3) is 0.462. The molecule has 0 spiro atoms. The number of alkyl halides is 5. The van der Waals surface area contributed by atoms with E-state index in [-0.39, 0.29) is 17.7 Å². The predicted octanol–water partition coefficient (Wildman–Crippen LogP) is 3.12. The number of nitrogens with zero attached hydrogens (tertiary/aromatic N) is 5. The highest BCUT2D eigenvalue weighted by Crippen LogP contribution is 2.48. The van der Waals surface area contributed by atoms with E-state index in [9.17, 15) is 35.9 Å². The van der Waals surface area contributed by atoms with Crippen molar-refractivity contribution in [2.24, 2.45) is 5.10 Å². The van der Waals surface area contributed by atoms with E-state index >= 15 is 0 Å². The number of hydrazine groups is 2. The van der Waals surface area contributed by atoms with Crippen molar-refractivity contribution in [3.63, 3.8) is 0 Å². The quantitative estimate of drug-likeness (QED) is 0.367. The molecule has 1 saturated heterocycles. The average Bonchev–Trinajstić information content (AvgIpc) is 3.48. The molecule has 2 N–H and O–H groups in total. The van der Waals surface area contributed by atoms with Crippen LogP contribution in [0.5, 0.6) is 0 Å². The Balaban J connectivity index is 1.34. The van der Waals surface area contributed by atoms with E-state index in [1.54, 1.807) is 30.3 Å². The lowest BCUT2D eigenvalue weighted by Crippen LogP contribution is -2.53. The molecule has 1 saturated carbocycles. The molecule has 41 heavy (non-hydrogen) atoms. The smallest absolute Gasteiger partial charge is 0.298 e. The molecule has 2 fully saturated rings. The third-order valence-electron chi connectivity index (χ3n) is 7.30. The first-order valence-electron chi connectivity index (χ1n) is 12.9. The van der Waals surface area contributed by atoms with Gasteiger partial charge in [0.25, 0.3) is 6.43 Å². The second-order valence-electron chi connectivity index (χ2n) is 10.3. The van der Waals surface area contributed by atoms with Crippen LogP contribution in [0.3, 0.4) is 0 Å². The predicted molar refractivity (Wildman–Crippen MR) is 134 cm³/mol. The van der Waals surface area contributed by atoms with Gasteiger partial charge < -0.3 is 10.2 Å². The van der Waals surface area contributed by atoms with Gasteiger partial charge in [0.05, 0.1) is 18.3 Å². The number of hydrazone groups is 1. The SMILES string of the molecule is CN1N=C(C(F)F)N(CC(=O)N2C[C@H](F)C[C@H]2C(=O)N[C@@H](c2ccccc2)c2ccc(C3CC(F)(F)C3)c(F)n2)N1. The highest BCUT2D eigenvalue weighted by Gasteiger charge is 2.47. The van der Waals surface area contributed by atoms with E-state index in [2.05, 4.69) is 20.9 Å². The molecule has 220 valence electrons. The molecule has 3 aliphatic rings. The standard InChI is InChI=1S/C26H27F6N7O2/c1-37-35-24(22(28)29)39(36-37)13-20(40)38-12-16(27)9-19(38)25(41)34-21(14-5-3-2-4-6-14)18-8-7-17(23(30)33-18)15-10-26(31,32)11-15/h2-8,15-16,19,21-22,36H,9-13H2,1H3,(H,34,41)/t16-,19+,21+/m1/s1. The first-order valence-corrected chi connectivity index (χ1v) is 12.9. The summed E-state index contributed by atoms with van der Waals surface area (Å²) in [5.41, 5.74) is 3.09. The van der Waals surface area contributed by atoms with Gasteiger partial charge in [-0.15, -0.1) is 10.6 Å². The number of rotatable bonds is 8. The minimum absolute atomic E-state index is 0.0542. The Labute approximate surface area is 231 Å². The van der Waals surface area contributed by atoms with Crippen LogP contribution in [0.2, 0.25) is 0 Å². The zero-order valence-corrected chi connectivity index (χ0v) is 21.8. The maximum Gasteiger partial charge on any atom is 0.298 e. The third kappa shape index (κ3) is 6.09. The van der Waals surface area contributed by atoms with Crippen molar-refractivity contribution in [1.29, 1.82) is 0 Å². The topological polar surface area (TPSA) is 93.2 Å². The average molecular weight is 584 g/mol. The molecule has 1 aliphatic carbocycles. The second kappa shape index (κ2) is 11.2. The lowest BCUT2D eigenvalue weighted by molar-refractivity contribution is -0.139. The number of carbonyl (C=O) groups excluding carboxylic acids is 2. The summed E-state index contributed by atoms with van der Waals surface area (Å²) in [5, 5.41) is 8.09. The molecule has 9 nitrogen and oxygen atoms in total. The van der Waals surface area contributed by atoms with Gasteiger partial charge in [-0.25, -0.2) is 32.1 Å². The first kappa shape index (κ1) is 28.6. The lowest BCUT2D eigenvalue weighted by Gasteiger charge is -2.35. The summed E-state index contributed by atoms with van der Waals surface area (Å²) in [6, 6.07) is 8.90. The number of amides is 2. The van der Waals surface area contributed by atoms with Crippen LogP contribution in [0.25, 0.3) is 0 Å². The van der Waals surface area contributed by atoms with Crippen LogP contribution in [-0.4, -0.2) is 82.4 Å². The maximum absolute atomic E-state index is 15.0. The Bertz CT molecular complexity index is 1320.